The smallest absolute Gasteiger partial charge is 0.179 e. The number of hydrogen-bond acceptors (Lipinski definition) is 3. The second-order valence-corrected chi connectivity index (χ2v) is 5.43. The van der Waals surface area contributed by atoms with Crippen LogP contribution in [0, 0.1) is 5.41 Å². The van der Waals surface area contributed by atoms with E-state index in [1.165, 1.54) is 6.08 Å². The second kappa shape index (κ2) is 6.66. The maximum absolute atomic E-state index is 10.3. The summed E-state index contributed by atoms with van der Waals surface area (Å²) in [5.74, 6) is 0. The summed E-state index contributed by atoms with van der Waals surface area (Å²) in [6, 6.07) is 0. The van der Waals surface area contributed by atoms with E-state index < -0.39 is 0 Å². The number of ether oxygens (including phenoxy) is 2. The Hall–Kier alpha value is -1.19. The van der Waals surface area contributed by atoms with Gasteiger partial charge in [-0.3, -0.25) is 4.79 Å². The van der Waals surface area contributed by atoms with Crippen LogP contribution in [0.15, 0.2) is 35.5 Å². The zero-order valence-electron chi connectivity index (χ0n) is 11.6. The van der Waals surface area contributed by atoms with Crippen LogP contribution in [0.3, 0.4) is 0 Å². The number of allylic oxidation sites excluding steroid dienone is 5. The molecule has 0 saturated carbocycles. The third-order valence-electron chi connectivity index (χ3n) is 2.67. The minimum atomic E-state index is -0.252. The van der Waals surface area contributed by atoms with Crippen molar-refractivity contribution in [3.05, 3.63) is 35.5 Å². The standard InChI is InChI=1S/C15H22O3/c1-12(8-9-16)6-5-7-13(2)14-17-10-15(3,4)11-18-14/h5-9,14H,10-11H2,1-4H3. The molecule has 1 aliphatic heterocycles. The highest BCUT2D eigenvalue weighted by Crippen LogP contribution is 2.25. The minimum Gasteiger partial charge on any atom is -0.348 e. The molecule has 0 aromatic rings. The maximum Gasteiger partial charge on any atom is 0.179 e. The summed E-state index contributed by atoms with van der Waals surface area (Å²) >= 11 is 0. The first-order valence-corrected chi connectivity index (χ1v) is 6.15. The predicted octanol–water partition coefficient (Wildman–Crippen LogP) is 3.03. The largest absolute Gasteiger partial charge is 0.348 e. The molecule has 0 aromatic carbocycles. The minimum absolute atomic E-state index is 0.0932. The number of carbonyl (C=O) groups excluding carboxylic acids is 1. The second-order valence-electron chi connectivity index (χ2n) is 5.43. The Labute approximate surface area is 109 Å². The SMILES string of the molecule is CC(C=CC=C(C)C1OCC(C)(C)CO1)=CC=O. The zero-order valence-corrected chi connectivity index (χ0v) is 11.6. The monoisotopic (exact) mass is 250 g/mol. The van der Waals surface area contributed by atoms with E-state index >= 15 is 0 Å². The topological polar surface area (TPSA) is 35.5 Å². The molecule has 1 saturated heterocycles. The van der Waals surface area contributed by atoms with Gasteiger partial charge in [-0.1, -0.05) is 32.1 Å². The van der Waals surface area contributed by atoms with Crippen molar-refractivity contribution in [3.63, 3.8) is 0 Å². The lowest BCUT2D eigenvalue weighted by Crippen LogP contribution is -2.38. The van der Waals surface area contributed by atoms with E-state index in [4.69, 9.17) is 9.47 Å². The fourth-order valence-electron chi connectivity index (χ4n) is 1.55. The van der Waals surface area contributed by atoms with Gasteiger partial charge in [-0.15, -0.1) is 0 Å². The van der Waals surface area contributed by atoms with E-state index in [0.717, 1.165) is 17.4 Å². The molecule has 0 atom stereocenters. The summed E-state index contributed by atoms with van der Waals surface area (Å²) in [4.78, 5) is 10.3. The Kier molecular flexibility index (Phi) is 5.51. The van der Waals surface area contributed by atoms with Gasteiger partial charge in [0.1, 0.15) is 6.29 Å². The molecular formula is C15H22O3. The van der Waals surface area contributed by atoms with E-state index in [1.807, 2.05) is 32.1 Å². The van der Waals surface area contributed by atoms with Gasteiger partial charge < -0.3 is 9.47 Å². The van der Waals surface area contributed by atoms with E-state index in [-0.39, 0.29) is 11.7 Å². The average Bonchev–Trinajstić information content (AvgIpc) is 2.29. The zero-order chi connectivity index (χ0) is 13.6. The van der Waals surface area contributed by atoms with Crippen molar-refractivity contribution in [2.75, 3.05) is 13.2 Å². The molecule has 1 aliphatic rings. The molecule has 3 heteroatoms. The van der Waals surface area contributed by atoms with E-state index in [0.29, 0.717) is 13.2 Å². The Balaban J connectivity index is 2.52. The van der Waals surface area contributed by atoms with Crippen molar-refractivity contribution < 1.29 is 14.3 Å². The molecule has 3 nitrogen and oxygen atoms in total. The molecule has 1 rings (SSSR count). The summed E-state index contributed by atoms with van der Waals surface area (Å²) in [6.45, 7) is 9.51. The van der Waals surface area contributed by atoms with Crippen molar-refractivity contribution in [1.29, 1.82) is 0 Å². The van der Waals surface area contributed by atoms with Crippen molar-refractivity contribution in [2.45, 2.75) is 34.0 Å². The van der Waals surface area contributed by atoms with Gasteiger partial charge in [0.15, 0.2) is 6.29 Å². The van der Waals surface area contributed by atoms with Crippen LogP contribution >= 0.6 is 0 Å². The molecule has 0 amide bonds. The van der Waals surface area contributed by atoms with Gasteiger partial charge in [0, 0.05) is 5.41 Å². The highest BCUT2D eigenvalue weighted by Gasteiger charge is 2.28. The van der Waals surface area contributed by atoms with Crippen molar-refractivity contribution in [3.8, 4) is 0 Å². The fourth-order valence-corrected chi connectivity index (χ4v) is 1.55. The van der Waals surface area contributed by atoms with Crippen molar-refractivity contribution in [1.82, 2.24) is 0 Å². The molecule has 0 radical (unpaired) electrons. The van der Waals surface area contributed by atoms with Crippen molar-refractivity contribution >= 4 is 6.29 Å². The summed E-state index contributed by atoms with van der Waals surface area (Å²) in [5.41, 5.74) is 2.04. The van der Waals surface area contributed by atoms with Gasteiger partial charge in [-0.2, -0.15) is 0 Å². The average molecular weight is 250 g/mol. The third kappa shape index (κ3) is 4.98. The molecule has 0 unspecified atom stereocenters. The van der Waals surface area contributed by atoms with Crippen LogP contribution in [-0.4, -0.2) is 25.8 Å². The van der Waals surface area contributed by atoms with Crippen LogP contribution in [0.1, 0.15) is 27.7 Å². The number of carbonyl (C=O) groups is 1. The summed E-state index contributed by atoms with van der Waals surface area (Å²) < 4.78 is 11.3. The molecule has 100 valence electrons. The molecule has 0 bridgehead atoms. The predicted molar refractivity (Wildman–Crippen MR) is 72.2 cm³/mol. The lowest BCUT2D eigenvalue weighted by atomic mass is 9.95. The van der Waals surface area contributed by atoms with E-state index in [9.17, 15) is 4.79 Å². The van der Waals surface area contributed by atoms with Crippen LogP contribution < -0.4 is 0 Å². The fraction of sp³-hybridized carbons (Fsp3) is 0.533. The normalized spacial score (nSPS) is 22.4. The Morgan fingerprint density at radius 3 is 2.33 bits per heavy atom. The van der Waals surface area contributed by atoms with Crippen molar-refractivity contribution in [2.24, 2.45) is 5.41 Å². The molecule has 0 spiro atoms. The first-order chi connectivity index (χ1) is 8.44. The summed E-state index contributed by atoms with van der Waals surface area (Å²) in [5, 5.41) is 0. The van der Waals surface area contributed by atoms with E-state index in [1.54, 1.807) is 0 Å². The number of rotatable bonds is 4. The Bertz CT molecular complexity index is 365. The molecule has 0 aliphatic carbocycles. The van der Waals surface area contributed by atoms with Gasteiger partial charge in [0.05, 0.1) is 13.2 Å². The van der Waals surface area contributed by atoms with Gasteiger partial charge >= 0.3 is 0 Å². The highest BCUT2D eigenvalue weighted by atomic mass is 16.7. The van der Waals surface area contributed by atoms with Crippen LogP contribution in [0.2, 0.25) is 0 Å². The molecule has 1 heterocycles. The molecule has 0 aromatic heterocycles. The Morgan fingerprint density at radius 2 is 1.78 bits per heavy atom. The summed E-state index contributed by atoms with van der Waals surface area (Å²) in [7, 11) is 0. The molecule has 0 N–H and O–H groups in total. The lowest BCUT2D eigenvalue weighted by Gasteiger charge is -2.34. The van der Waals surface area contributed by atoms with Crippen LogP contribution in [0.5, 0.6) is 0 Å². The molecular weight excluding hydrogens is 228 g/mol. The number of hydrogen-bond donors (Lipinski definition) is 0. The highest BCUT2D eigenvalue weighted by molar-refractivity contribution is 5.66. The Morgan fingerprint density at radius 1 is 1.17 bits per heavy atom. The number of aldehydes is 1. The van der Waals surface area contributed by atoms with Crippen LogP contribution in [-0.2, 0) is 14.3 Å². The maximum atomic E-state index is 10.3. The van der Waals surface area contributed by atoms with E-state index in [2.05, 4.69) is 13.8 Å². The molecule has 18 heavy (non-hydrogen) atoms. The summed E-state index contributed by atoms with van der Waals surface area (Å²) in [6.07, 6.45) is 7.78. The van der Waals surface area contributed by atoms with Gasteiger partial charge in [-0.25, -0.2) is 0 Å². The van der Waals surface area contributed by atoms with Gasteiger partial charge in [0.2, 0.25) is 0 Å². The van der Waals surface area contributed by atoms with Crippen LogP contribution in [0.25, 0.3) is 0 Å². The van der Waals surface area contributed by atoms with Crippen LogP contribution in [0.4, 0.5) is 0 Å². The third-order valence-corrected chi connectivity index (χ3v) is 2.67. The first kappa shape index (κ1) is 14.9. The molecule has 1 fully saturated rings. The lowest BCUT2D eigenvalue weighted by molar-refractivity contribution is -0.202. The van der Waals surface area contributed by atoms with Gasteiger partial charge in [-0.05, 0) is 31.1 Å². The first-order valence-electron chi connectivity index (χ1n) is 6.15. The van der Waals surface area contributed by atoms with Gasteiger partial charge in [0.25, 0.3) is 0 Å². The quantitative estimate of drug-likeness (QED) is 0.437.